The van der Waals surface area contributed by atoms with Crippen LogP contribution in [0.15, 0.2) is 73.1 Å². The maximum atomic E-state index is 12.5. The SMILES string of the molecule is O=C(Nc1cccc(CNC(=O)C2CC2c2ccccc2Cl)c1)c1ccncc1. The fourth-order valence-electron chi connectivity index (χ4n) is 3.39. The van der Waals surface area contributed by atoms with Gasteiger partial charge in [-0.15, -0.1) is 0 Å². The third kappa shape index (κ3) is 4.63. The Bertz CT molecular complexity index is 1040. The standard InChI is InChI=1S/C23H20ClN3O2/c24-21-7-2-1-6-18(21)19-13-20(19)23(29)26-14-15-4-3-5-17(12-15)27-22(28)16-8-10-25-11-9-16/h1-12,19-20H,13-14H2,(H,26,29)(H,27,28). The first-order valence-electron chi connectivity index (χ1n) is 9.44. The molecule has 0 spiro atoms. The van der Waals surface area contributed by atoms with Crippen LogP contribution in [-0.2, 0) is 11.3 Å². The summed E-state index contributed by atoms with van der Waals surface area (Å²) in [4.78, 5) is 28.7. The first-order valence-corrected chi connectivity index (χ1v) is 9.82. The largest absolute Gasteiger partial charge is 0.352 e. The van der Waals surface area contributed by atoms with Crippen molar-refractivity contribution >= 4 is 29.1 Å². The zero-order valence-corrected chi connectivity index (χ0v) is 16.4. The predicted octanol–water partition coefficient (Wildman–Crippen LogP) is 4.41. The molecule has 0 bridgehead atoms. The molecule has 146 valence electrons. The van der Waals surface area contributed by atoms with Crippen LogP contribution in [-0.4, -0.2) is 16.8 Å². The van der Waals surface area contributed by atoms with Crippen molar-refractivity contribution in [1.82, 2.24) is 10.3 Å². The number of carbonyl (C=O) groups is 2. The van der Waals surface area contributed by atoms with Crippen molar-refractivity contribution in [3.8, 4) is 0 Å². The van der Waals surface area contributed by atoms with E-state index < -0.39 is 0 Å². The first kappa shape index (κ1) is 19.2. The van der Waals surface area contributed by atoms with Gasteiger partial charge in [0.1, 0.15) is 0 Å². The van der Waals surface area contributed by atoms with E-state index in [1.807, 2.05) is 48.5 Å². The summed E-state index contributed by atoms with van der Waals surface area (Å²) in [5, 5.41) is 6.56. The number of hydrogen-bond donors (Lipinski definition) is 2. The van der Waals surface area contributed by atoms with Gasteiger partial charge < -0.3 is 10.6 Å². The third-order valence-electron chi connectivity index (χ3n) is 5.03. The lowest BCUT2D eigenvalue weighted by Crippen LogP contribution is -2.25. The zero-order chi connectivity index (χ0) is 20.2. The van der Waals surface area contributed by atoms with E-state index in [9.17, 15) is 9.59 Å². The van der Waals surface area contributed by atoms with E-state index in [0.717, 1.165) is 17.5 Å². The molecule has 1 saturated carbocycles. The summed E-state index contributed by atoms with van der Waals surface area (Å²) in [6, 6.07) is 18.4. The molecule has 1 aliphatic carbocycles. The van der Waals surface area contributed by atoms with Crippen molar-refractivity contribution in [3.63, 3.8) is 0 Å². The molecule has 1 heterocycles. The number of aromatic nitrogens is 1. The average Bonchev–Trinajstić information content (AvgIpc) is 3.54. The Balaban J connectivity index is 1.33. The van der Waals surface area contributed by atoms with E-state index in [0.29, 0.717) is 22.8 Å². The van der Waals surface area contributed by atoms with E-state index in [2.05, 4.69) is 15.6 Å². The summed E-state index contributed by atoms with van der Waals surface area (Å²) >= 11 is 6.24. The number of nitrogens with one attached hydrogen (secondary N) is 2. The highest BCUT2D eigenvalue weighted by Crippen LogP contribution is 2.49. The van der Waals surface area contributed by atoms with E-state index in [1.165, 1.54) is 0 Å². The van der Waals surface area contributed by atoms with E-state index in [4.69, 9.17) is 11.6 Å². The second-order valence-corrected chi connectivity index (χ2v) is 7.49. The van der Waals surface area contributed by atoms with Gasteiger partial charge in [-0.3, -0.25) is 14.6 Å². The van der Waals surface area contributed by atoms with Crippen LogP contribution in [0.5, 0.6) is 0 Å². The maximum absolute atomic E-state index is 12.5. The van der Waals surface area contributed by atoms with Gasteiger partial charge in [-0.05, 0) is 53.8 Å². The molecule has 1 aromatic heterocycles. The molecular formula is C23H20ClN3O2. The number of nitrogens with zero attached hydrogens (tertiary/aromatic N) is 1. The topological polar surface area (TPSA) is 71.1 Å². The Kier molecular flexibility index (Phi) is 5.58. The molecule has 29 heavy (non-hydrogen) atoms. The number of rotatable bonds is 6. The van der Waals surface area contributed by atoms with Crippen LogP contribution in [0.1, 0.15) is 33.8 Å². The average molecular weight is 406 g/mol. The number of pyridine rings is 1. The predicted molar refractivity (Wildman–Crippen MR) is 113 cm³/mol. The highest BCUT2D eigenvalue weighted by molar-refractivity contribution is 6.31. The lowest BCUT2D eigenvalue weighted by Gasteiger charge is -2.09. The zero-order valence-electron chi connectivity index (χ0n) is 15.6. The number of halogens is 1. The quantitative estimate of drug-likeness (QED) is 0.638. The minimum atomic E-state index is -0.200. The van der Waals surface area contributed by atoms with Crippen molar-refractivity contribution in [3.05, 3.63) is 94.8 Å². The fraction of sp³-hybridized carbons (Fsp3) is 0.174. The highest BCUT2D eigenvalue weighted by Gasteiger charge is 2.44. The van der Waals surface area contributed by atoms with Gasteiger partial charge in [-0.1, -0.05) is 41.9 Å². The molecule has 1 fully saturated rings. The van der Waals surface area contributed by atoms with Crippen LogP contribution in [0, 0.1) is 5.92 Å². The Labute approximate surface area is 174 Å². The highest BCUT2D eigenvalue weighted by atomic mass is 35.5. The number of benzene rings is 2. The number of anilines is 1. The minimum absolute atomic E-state index is 0.0288. The number of hydrogen-bond acceptors (Lipinski definition) is 3. The van der Waals surface area contributed by atoms with Crippen molar-refractivity contribution in [2.24, 2.45) is 5.92 Å². The molecule has 4 rings (SSSR count). The van der Waals surface area contributed by atoms with Gasteiger partial charge in [0.25, 0.3) is 5.91 Å². The summed E-state index contributed by atoms with van der Waals surface area (Å²) in [7, 11) is 0. The Morgan fingerprint density at radius 3 is 2.62 bits per heavy atom. The molecule has 2 unspecified atom stereocenters. The maximum Gasteiger partial charge on any atom is 0.255 e. The van der Waals surface area contributed by atoms with Crippen LogP contribution in [0.25, 0.3) is 0 Å². The van der Waals surface area contributed by atoms with E-state index in [1.54, 1.807) is 24.5 Å². The van der Waals surface area contributed by atoms with Crippen molar-refractivity contribution < 1.29 is 9.59 Å². The third-order valence-corrected chi connectivity index (χ3v) is 5.37. The van der Waals surface area contributed by atoms with Gasteiger partial charge in [0.2, 0.25) is 5.91 Å². The Hall–Kier alpha value is -3.18. The van der Waals surface area contributed by atoms with Gasteiger partial charge in [-0.25, -0.2) is 0 Å². The van der Waals surface area contributed by atoms with Crippen LogP contribution in [0.3, 0.4) is 0 Å². The first-order chi connectivity index (χ1) is 14.1. The molecule has 2 atom stereocenters. The van der Waals surface area contributed by atoms with Crippen LogP contribution >= 0.6 is 11.6 Å². The normalized spacial score (nSPS) is 17.4. The summed E-state index contributed by atoms with van der Waals surface area (Å²) in [6.07, 6.45) is 3.97. The lowest BCUT2D eigenvalue weighted by atomic mass is 10.1. The minimum Gasteiger partial charge on any atom is -0.352 e. The van der Waals surface area contributed by atoms with Gasteiger partial charge >= 0.3 is 0 Å². The molecule has 2 amide bonds. The van der Waals surface area contributed by atoms with Crippen LogP contribution < -0.4 is 10.6 Å². The molecule has 1 aliphatic rings. The Morgan fingerprint density at radius 2 is 1.83 bits per heavy atom. The van der Waals surface area contributed by atoms with Crippen molar-refractivity contribution in [2.75, 3.05) is 5.32 Å². The molecule has 5 nitrogen and oxygen atoms in total. The van der Waals surface area contributed by atoms with Gasteiger partial charge in [0, 0.05) is 41.1 Å². The second-order valence-electron chi connectivity index (χ2n) is 7.08. The van der Waals surface area contributed by atoms with Gasteiger partial charge in [0.05, 0.1) is 0 Å². The summed E-state index contributed by atoms with van der Waals surface area (Å²) in [5.41, 5.74) is 3.17. The summed E-state index contributed by atoms with van der Waals surface area (Å²) in [6.45, 7) is 0.406. The molecule has 0 radical (unpaired) electrons. The molecular weight excluding hydrogens is 386 g/mol. The molecule has 0 aliphatic heterocycles. The summed E-state index contributed by atoms with van der Waals surface area (Å²) < 4.78 is 0. The lowest BCUT2D eigenvalue weighted by molar-refractivity contribution is -0.122. The van der Waals surface area contributed by atoms with Gasteiger partial charge in [0.15, 0.2) is 0 Å². The van der Waals surface area contributed by atoms with Crippen LogP contribution in [0.2, 0.25) is 5.02 Å². The van der Waals surface area contributed by atoms with Crippen molar-refractivity contribution in [2.45, 2.75) is 18.9 Å². The van der Waals surface area contributed by atoms with Gasteiger partial charge in [-0.2, -0.15) is 0 Å². The Morgan fingerprint density at radius 1 is 1.03 bits per heavy atom. The van der Waals surface area contributed by atoms with E-state index >= 15 is 0 Å². The number of carbonyl (C=O) groups excluding carboxylic acids is 2. The molecule has 2 N–H and O–H groups in total. The molecule has 2 aromatic carbocycles. The smallest absolute Gasteiger partial charge is 0.255 e. The van der Waals surface area contributed by atoms with E-state index in [-0.39, 0.29) is 23.7 Å². The molecule has 3 aromatic rings. The van der Waals surface area contributed by atoms with Crippen molar-refractivity contribution in [1.29, 1.82) is 0 Å². The summed E-state index contributed by atoms with van der Waals surface area (Å²) in [5.74, 6) is -0.0190. The molecule has 0 saturated heterocycles. The fourth-order valence-corrected chi connectivity index (χ4v) is 3.67. The monoisotopic (exact) mass is 405 g/mol. The number of amides is 2. The second kappa shape index (κ2) is 8.45. The molecule has 6 heteroatoms. The van der Waals surface area contributed by atoms with Crippen LogP contribution in [0.4, 0.5) is 5.69 Å².